The molecule has 0 aliphatic rings. The summed E-state index contributed by atoms with van der Waals surface area (Å²) in [4.78, 5) is 38.3. The predicted molar refractivity (Wildman–Crippen MR) is 109 cm³/mol. The normalized spacial score (nSPS) is 11.3. The van der Waals surface area contributed by atoms with Crippen LogP contribution in [0.15, 0.2) is 36.4 Å². The maximum absolute atomic E-state index is 13.3. The van der Waals surface area contributed by atoms with Gasteiger partial charge in [0.25, 0.3) is 5.91 Å². The number of aryl methyl sites for hydroxylation is 1. The van der Waals surface area contributed by atoms with E-state index in [2.05, 4.69) is 10.3 Å². The molecule has 0 radical (unpaired) electrons. The minimum Gasteiger partial charge on any atom is -0.490 e. The van der Waals surface area contributed by atoms with Gasteiger partial charge in [-0.3, -0.25) is 19.7 Å². The molecule has 0 aliphatic carbocycles. The number of carbonyl (C=O) groups is 2. The van der Waals surface area contributed by atoms with Crippen LogP contribution in [-0.4, -0.2) is 40.1 Å². The van der Waals surface area contributed by atoms with Gasteiger partial charge in [0.1, 0.15) is 6.54 Å². The number of anilines is 1. The fourth-order valence-electron chi connectivity index (χ4n) is 3.07. The molecule has 3 rings (SSSR count). The lowest BCUT2D eigenvalue weighted by Crippen LogP contribution is -2.25. The Balaban J connectivity index is 1.69. The summed E-state index contributed by atoms with van der Waals surface area (Å²) in [5.41, 5.74) is 0.366. The Bertz CT molecular complexity index is 1240. The van der Waals surface area contributed by atoms with Gasteiger partial charge in [-0.05, 0) is 24.6 Å². The van der Waals surface area contributed by atoms with Gasteiger partial charge in [0.15, 0.2) is 12.4 Å². The van der Waals surface area contributed by atoms with E-state index < -0.39 is 42.0 Å². The van der Waals surface area contributed by atoms with Crippen molar-refractivity contribution in [3.05, 3.63) is 57.9 Å². The topological polar surface area (TPSA) is 126 Å². The van der Waals surface area contributed by atoms with Crippen LogP contribution < -0.4 is 10.1 Å². The number of fused-ring (bicyclic) bond motifs is 1. The number of para-hydroxylation sites is 2. The lowest BCUT2D eigenvalue weighted by molar-refractivity contribution is -0.385. The number of carbonyl (C=O) groups excluding carboxylic acids is 2. The van der Waals surface area contributed by atoms with Gasteiger partial charge in [0.05, 0.1) is 23.1 Å². The Morgan fingerprint density at radius 2 is 1.94 bits per heavy atom. The standard InChI is InChI=1S/C20H17F3N4O6/c1-11-7-15(27(30)31)16(32-2)8-13(11)24-17(28)10-33-18(29)9-26-14-6-4-3-5-12(14)25-19(26)20(21,22)23/h3-8H,9-10H2,1-2H3,(H,24,28). The van der Waals surface area contributed by atoms with Gasteiger partial charge in [-0.15, -0.1) is 0 Å². The fourth-order valence-corrected chi connectivity index (χ4v) is 3.07. The van der Waals surface area contributed by atoms with E-state index in [1.54, 1.807) is 0 Å². The second kappa shape index (κ2) is 9.14. The van der Waals surface area contributed by atoms with Crippen molar-refractivity contribution in [2.45, 2.75) is 19.6 Å². The number of hydrogen-bond acceptors (Lipinski definition) is 7. The second-order valence-electron chi connectivity index (χ2n) is 6.81. The highest BCUT2D eigenvalue weighted by atomic mass is 19.4. The maximum Gasteiger partial charge on any atom is 0.449 e. The number of nitro benzene ring substituents is 1. The van der Waals surface area contributed by atoms with Gasteiger partial charge in [-0.2, -0.15) is 13.2 Å². The van der Waals surface area contributed by atoms with Crippen LogP contribution in [-0.2, 0) is 27.0 Å². The van der Waals surface area contributed by atoms with E-state index in [9.17, 15) is 32.9 Å². The molecule has 1 heterocycles. The highest BCUT2D eigenvalue weighted by Crippen LogP contribution is 2.33. The van der Waals surface area contributed by atoms with Crippen LogP contribution in [0.25, 0.3) is 11.0 Å². The molecular weight excluding hydrogens is 449 g/mol. The first kappa shape index (κ1) is 23.5. The van der Waals surface area contributed by atoms with Crippen molar-refractivity contribution in [1.29, 1.82) is 0 Å². The molecule has 0 atom stereocenters. The lowest BCUT2D eigenvalue weighted by atomic mass is 10.1. The Morgan fingerprint density at radius 1 is 1.24 bits per heavy atom. The third-order valence-electron chi connectivity index (χ3n) is 4.56. The monoisotopic (exact) mass is 466 g/mol. The number of ether oxygens (including phenoxy) is 2. The molecular formula is C20H17F3N4O6. The molecule has 0 unspecified atom stereocenters. The largest absolute Gasteiger partial charge is 0.490 e. The molecule has 0 bridgehead atoms. The molecule has 0 saturated heterocycles. The number of aromatic nitrogens is 2. The van der Waals surface area contributed by atoms with Crippen LogP contribution in [0.4, 0.5) is 24.5 Å². The first-order valence-corrected chi connectivity index (χ1v) is 9.32. The molecule has 1 amide bonds. The molecule has 0 fully saturated rings. The number of amides is 1. The summed E-state index contributed by atoms with van der Waals surface area (Å²) in [7, 11) is 1.22. The Hall–Kier alpha value is -4.16. The lowest BCUT2D eigenvalue weighted by Gasteiger charge is -2.12. The van der Waals surface area contributed by atoms with Crippen LogP contribution in [0.1, 0.15) is 11.4 Å². The number of esters is 1. The van der Waals surface area contributed by atoms with Crippen molar-refractivity contribution in [2.75, 3.05) is 19.0 Å². The van der Waals surface area contributed by atoms with Gasteiger partial charge < -0.3 is 19.4 Å². The summed E-state index contributed by atoms with van der Waals surface area (Å²) in [6.07, 6.45) is -4.80. The Labute approximate surface area is 184 Å². The summed E-state index contributed by atoms with van der Waals surface area (Å²) in [5, 5.41) is 13.5. The quantitative estimate of drug-likeness (QED) is 0.321. The van der Waals surface area contributed by atoms with Crippen LogP contribution in [0.2, 0.25) is 0 Å². The number of rotatable bonds is 7. The molecule has 0 aliphatic heterocycles. The fraction of sp³-hybridized carbons (Fsp3) is 0.250. The highest BCUT2D eigenvalue weighted by molar-refractivity contribution is 5.94. The summed E-state index contributed by atoms with van der Waals surface area (Å²) < 4.78 is 50.4. The molecule has 1 aromatic heterocycles. The third-order valence-corrected chi connectivity index (χ3v) is 4.56. The summed E-state index contributed by atoms with van der Waals surface area (Å²) >= 11 is 0. The summed E-state index contributed by atoms with van der Waals surface area (Å²) in [6.45, 7) is -0.0878. The average molecular weight is 466 g/mol. The van der Waals surface area contributed by atoms with Gasteiger partial charge in [0.2, 0.25) is 5.82 Å². The number of nitro groups is 1. The summed E-state index contributed by atoms with van der Waals surface area (Å²) in [5.74, 6) is -3.24. The van der Waals surface area contributed by atoms with Gasteiger partial charge in [-0.1, -0.05) is 12.1 Å². The van der Waals surface area contributed by atoms with E-state index >= 15 is 0 Å². The van der Waals surface area contributed by atoms with Crippen molar-refractivity contribution in [3.8, 4) is 5.75 Å². The van der Waals surface area contributed by atoms with Crippen molar-refractivity contribution in [2.24, 2.45) is 0 Å². The minimum atomic E-state index is -4.80. The molecule has 174 valence electrons. The number of hydrogen-bond donors (Lipinski definition) is 1. The van der Waals surface area contributed by atoms with Crippen molar-refractivity contribution < 1.29 is 37.2 Å². The molecule has 2 aromatic carbocycles. The zero-order valence-electron chi connectivity index (χ0n) is 17.3. The molecule has 13 heteroatoms. The number of alkyl halides is 3. The van der Waals surface area contributed by atoms with Crippen molar-refractivity contribution in [3.63, 3.8) is 0 Å². The Kier molecular flexibility index (Phi) is 6.51. The molecule has 0 spiro atoms. The van der Waals surface area contributed by atoms with Gasteiger partial charge in [0, 0.05) is 17.8 Å². The first-order chi connectivity index (χ1) is 15.5. The van der Waals surface area contributed by atoms with E-state index in [1.807, 2.05) is 0 Å². The average Bonchev–Trinajstić information content (AvgIpc) is 3.12. The number of nitrogens with one attached hydrogen (secondary N) is 1. The van der Waals surface area contributed by atoms with E-state index in [0.29, 0.717) is 10.1 Å². The smallest absolute Gasteiger partial charge is 0.449 e. The first-order valence-electron chi connectivity index (χ1n) is 9.32. The van der Waals surface area contributed by atoms with E-state index in [-0.39, 0.29) is 28.2 Å². The molecule has 10 nitrogen and oxygen atoms in total. The zero-order chi connectivity index (χ0) is 24.3. The number of benzene rings is 2. The van der Waals surface area contributed by atoms with E-state index in [0.717, 1.165) is 0 Å². The SMILES string of the molecule is COc1cc(NC(=O)COC(=O)Cn2c(C(F)(F)F)nc3ccccc32)c(C)cc1[N+](=O)[O-]. The second-order valence-corrected chi connectivity index (χ2v) is 6.81. The zero-order valence-corrected chi connectivity index (χ0v) is 17.3. The van der Waals surface area contributed by atoms with Crippen molar-refractivity contribution in [1.82, 2.24) is 9.55 Å². The van der Waals surface area contributed by atoms with Gasteiger partial charge >= 0.3 is 17.8 Å². The van der Waals surface area contributed by atoms with Crippen LogP contribution in [0.5, 0.6) is 5.75 Å². The van der Waals surface area contributed by atoms with Crippen LogP contribution in [0.3, 0.4) is 0 Å². The third kappa shape index (κ3) is 5.19. The van der Waals surface area contributed by atoms with Gasteiger partial charge in [-0.25, -0.2) is 4.98 Å². The highest BCUT2D eigenvalue weighted by Gasteiger charge is 2.38. The van der Waals surface area contributed by atoms with Crippen molar-refractivity contribution >= 4 is 34.3 Å². The Morgan fingerprint density at radius 3 is 2.58 bits per heavy atom. The predicted octanol–water partition coefficient (Wildman–Crippen LogP) is 3.46. The van der Waals surface area contributed by atoms with E-state index in [1.165, 1.54) is 50.4 Å². The van der Waals surface area contributed by atoms with E-state index in [4.69, 9.17) is 9.47 Å². The number of methoxy groups -OCH3 is 1. The number of halogens is 3. The minimum absolute atomic E-state index is 0.0537. The van der Waals surface area contributed by atoms with Crippen LogP contribution >= 0.6 is 0 Å². The molecule has 33 heavy (non-hydrogen) atoms. The number of nitrogens with zero attached hydrogens (tertiary/aromatic N) is 3. The molecule has 3 aromatic rings. The molecule has 0 saturated carbocycles. The summed E-state index contributed by atoms with van der Waals surface area (Å²) in [6, 6.07) is 8.20. The number of imidazole rings is 1. The maximum atomic E-state index is 13.3. The van der Waals surface area contributed by atoms with Crippen LogP contribution in [0, 0.1) is 17.0 Å². The molecule has 1 N–H and O–H groups in total.